The van der Waals surface area contributed by atoms with Gasteiger partial charge in [-0.15, -0.1) is 11.8 Å². The van der Waals surface area contributed by atoms with Crippen molar-refractivity contribution in [1.82, 2.24) is 24.4 Å². The second-order valence-corrected chi connectivity index (χ2v) is 12.3. The molecule has 10 nitrogen and oxygen atoms in total. The number of aromatic nitrogens is 4. The molecule has 0 radical (unpaired) electrons. The Labute approximate surface area is 254 Å². The standard InChI is InChI=1S/C31H27F2N7O3S/c1-4-24(42)38-10-11-39(21-13-20(21)38)29-16-12-18(33)27-25-17(32)6-5-7-19(25)35-23(41)14-44-22-8-9-34-26(15(2)3)28(22)40(30(16)36-27)31(43)37-29/h4-9,12,15,20-21H,1,10-11,13-14H2,2-3H3,(H,35,41)/t20-,21+/m1/s1. The monoisotopic (exact) mass is 615 g/mol. The summed E-state index contributed by atoms with van der Waals surface area (Å²) in [7, 11) is 0. The molecular formula is C31H27F2N7O3S. The smallest absolute Gasteiger partial charge is 0.349 e. The van der Waals surface area contributed by atoms with Crippen LogP contribution >= 0.6 is 11.8 Å². The number of halogens is 2. The van der Waals surface area contributed by atoms with Gasteiger partial charge in [-0.05, 0) is 42.7 Å². The van der Waals surface area contributed by atoms with Gasteiger partial charge in [0.25, 0.3) is 0 Å². The topological polar surface area (TPSA) is 113 Å². The lowest BCUT2D eigenvalue weighted by atomic mass is 10.1. The lowest BCUT2D eigenvalue weighted by Gasteiger charge is -2.35. The predicted molar refractivity (Wildman–Crippen MR) is 163 cm³/mol. The van der Waals surface area contributed by atoms with E-state index >= 15 is 8.78 Å². The summed E-state index contributed by atoms with van der Waals surface area (Å²) in [4.78, 5) is 57.5. The zero-order valence-electron chi connectivity index (χ0n) is 23.9. The van der Waals surface area contributed by atoms with E-state index in [0.717, 1.165) is 6.07 Å². The minimum Gasteiger partial charge on any atom is -0.349 e. The van der Waals surface area contributed by atoms with E-state index in [9.17, 15) is 14.4 Å². The third-order valence-corrected chi connectivity index (χ3v) is 9.25. The predicted octanol–water partition coefficient (Wildman–Crippen LogP) is 4.26. The van der Waals surface area contributed by atoms with Crippen molar-refractivity contribution in [2.45, 2.75) is 43.2 Å². The van der Waals surface area contributed by atoms with Gasteiger partial charge in [-0.25, -0.2) is 23.1 Å². The number of fused-ring (bicyclic) bond motifs is 6. The molecule has 2 atom stereocenters. The Morgan fingerprint density at radius 1 is 1.14 bits per heavy atom. The molecule has 3 aliphatic rings. The average Bonchev–Trinajstić information content (AvgIpc) is 3.80. The van der Waals surface area contributed by atoms with Crippen LogP contribution in [0, 0.1) is 11.6 Å². The van der Waals surface area contributed by atoms with Crippen molar-refractivity contribution < 1.29 is 18.4 Å². The first-order valence-corrected chi connectivity index (χ1v) is 15.2. The molecule has 2 aliphatic heterocycles. The average molecular weight is 616 g/mol. The third-order valence-electron chi connectivity index (χ3n) is 8.21. The maximum atomic E-state index is 16.2. The van der Waals surface area contributed by atoms with E-state index in [1.807, 2.05) is 18.7 Å². The normalized spacial score (nSPS) is 19.1. The maximum absolute atomic E-state index is 16.2. The van der Waals surface area contributed by atoms with E-state index in [1.165, 1.54) is 40.6 Å². The van der Waals surface area contributed by atoms with Crippen molar-refractivity contribution in [3.63, 3.8) is 0 Å². The Balaban J connectivity index is 1.54. The molecule has 5 heterocycles. The fraction of sp³-hybridized carbons (Fsp3) is 0.290. The molecule has 1 saturated heterocycles. The number of nitrogens with one attached hydrogen (secondary N) is 1. The molecule has 0 spiro atoms. The van der Waals surface area contributed by atoms with Gasteiger partial charge in [-0.1, -0.05) is 26.5 Å². The number of benzene rings is 1. The Hall–Kier alpha value is -4.65. The van der Waals surface area contributed by atoms with E-state index in [2.05, 4.69) is 26.8 Å². The molecule has 13 heteroatoms. The Kier molecular flexibility index (Phi) is 6.72. The summed E-state index contributed by atoms with van der Waals surface area (Å²) in [5, 5.41) is 2.96. The fourth-order valence-corrected chi connectivity index (χ4v) is 7.00. The maximum Gasteiger partial charge on any atom is 0.355 e. The van der Waals surface area contributed by atoms with Crippen LogP contribution < -0.4 is 15.9 Å². The zero-order valence-corrected chi connectivity index (χ0v) is 24.7. The van der Waals surface area contributed by atoms with Crippen molar-refractivity contribution in [2.24, 2.45) is 0 Å². The van der Waals surface area contributed by atoms with Crippen molar-refractivity contribution in [3.05, 3.63) is 77.0 Å². The molecule has 4 aromatic rings. The van der Waals surface area contributed by atoms with Gasteiger partial charge in [0.15, 0.2) is 11.5 Å². The molecular weight excluding hydrogens is 588 g/mol. The van der Waals surface area contributed by atoms with E-state index in [-0.39, 0.29) is 63.5 Å². The van der Waals surface area contributed by atoms with Gasteiger partial charge < -0.3 is 15.1 Å². The number of thioether (sulfide) groups is 1. The first-order valence-electron chi connectivity index (χ1n) is 14.2. The van der Waals surface area contributed by atoms with Gasteiger partial charge in [-0.3, -0.25) is 14.6 Å². The van der Waals surface area contributed by atoms with Gasteiger partial charge in [0.1, 0.15) is 17.3 Å². The number of nitrogens with zero attached hydrogens (tertiary/aromatic N) is 6. The summed E-state index contributed by atoms with van der Waals surface area (Å²) in [6, 6.07) is 6.79. The molecule has 224 valence electrons. The lowest BCUT2D eigenvalue weighted by molar-refractivity contribution is -0.127. The molecule has 7 rings (SSSR count). The number of rotatable bonds is 3. The van der Waals surface area contributed by atoms with Gasteiger partial charge in [0.05, 0.1) is 45.9 Å². The largest absolute Gasteiger partial charge is 0.355 e. The number of hydrogen-bond donors (Lipinski definition) is 1. The summed E-state index contributed by atoms with van der Waals surface area (Å²) in [5.41, 5.74) is -0.166. The number of piperazine rings is 1. The van der Waals surface area contributed by atoms with Crippen LogP contribution in [0.1, 0.15) is 31.9 Å². The van der Waals surface area contributed by atoms with Crippen molar-refractivity contribution in [1.29, 1.82) is 0 Å². The van der Waals surface area contributed by atoms with Gasteiger partial charge in [-0.2, -0.15) is 4.98 Å². The minimum atomic E-state index is -0.846. The Bertz CT molecular complexity index is 1960. The molecule has 2 amide bonds. The minimum absolute atomic E-state index is 0.0610. The number of pyridine rings is 2. The van der Waals surface area contributed by atoms with E-state index < -0.39 is 23.2 Å². The van der Waals surface area contributed by atoms with Crippen LogP contribution in [-0.4, -0.2) is 67.2 Å². The molecule has 3 aromatic heterocycles. The second kappa shape index (κ2) is 10.5. The highest BCUT2D eigenvalue weighted by Crippen LogP contribution is 2.43. The number of carbonyl (C=O) groups is 2. The van der Waals surface area contributed by atoms with E-state index in [1.54, 1.807) is 17.2 Å². The first kappa shape index (κ1) is 28.1. The first-order chi connectivity index (χ1) is 21.2. The van der Waals surface area contributed by atoms with Crippen LogP contribution in [0.5, 0.6) is 0 Å². The summed E-state index contributed by atoms with van der Waals surface area (Å²) in [6.07, 6.45) is 3.56. The fourth-order valence-electron chi connectivity index (χ4n) is 6.15. The molecule has 1 aliphatic carbocycles. The van der Waals surface area contributed by atoms with E-state index in [4.69, 9.17) is 0 Å². The van der Waals surface area contributed by atoms with E-state index in [0.29, 0.717) is 35.8 Å². The van der Waals surface area contributed by atoms with Crippen molar-refractivity contribution >= 4 is 46.1 Å². The third kappa shape index (κ3) is 4.45. The summed E-state index contributed by atoms with van der Waals surface area (Å²) in [5.74, 6) is -2.19. The second-order valence-electron chi connectivity index (χ2n) is 11.2. The quantitative estimate of drug-likeness (QED) is 0.340. The molecule has 1 aromatic carbocycles. The number of amides is 2. The van der Waals surface area contributed by atoms with Crippen LogP contribution in [0.3, 0.4) is 0 Å². The van der Waals surface area contributed by atoms with Crippen LogP contribution in [0.15, 0.2) is 58.9 Å². The number of carbonyl (C=O) groups excluding carboxylic acids is 2. The molecule has 44 heavy (non-hydrogen) atoms. The lowest BCUT2D eigenvalue weighted by Crippen LogP contribution is -2.49. The molecule has 2 bridgehead atoms. The van der Waals surface area contributed by atoms with Crippen molar-refractivity contribution in [3.8, 4) is 16.9 Å². The van der Waals surface area contributed by atoms with Gasteiger partial charge in [0.2, 0.25) is 11.8 Å². The zero-order chi connectivity index (χ0) is 30.9. The highest BCUT2D eigenvalue weighted by Gasteiger charge is 2.51. The van der Waals surface area contributed by atoms with Gasteiger partial charge >= 0.3 is 5.69 Å². The molecule has 2 fully saturated rings. The van der Waals surface area contributed by atoms with Crippen LogP contribution in [-0.2, 0) is 9.59 Å². The number of hydrogen-bond acceptors (Lipinski definition) is 8. The number of anilines is 2. The van der Waals surface area contributed by atoms with Gasteiger partial charge in [0, 0.05) is 24.2 Å². The highest BCUT2D eigenvalue weighted by atomic mass is 32.2. The SMILES string of the molecule is C=CC(=O)N1CCN(c2nc(=O)n3c4nc(c(F)cc24)-c2c(F)cccc2NC(=O)CSc2ccnc(C(C)C)c2-3)[C@H]2C[C@H]21. The summed E-state index contributed by atoms with van der Waals surface area (Å²) >= 11 is 1.19. The highest BCUT2D eigenvalue weighted by molar-refractivity contribution is 8.00. The molecule has 0 unspecified atom stereocenters. The summed E-state index contributed by atoms with van der Waals surface area (Å²) in [6.45, 7) is 8.18. The molecule has 1 N–H and O–H groups in total. The Morgan fingerprint density at radius 3 is 2.73 bits per heavy atom. The van der Waals surface area contributed by atoms with Crippen molar-refractivity contribution in [2.75, 3.05) is 29.1 Å². The summed E-state index contributed by atoms with van der Waals surface area (Å²) < 4.78 is 32.9. The van der Waals surface area contributed by atoms with Crippen LogP contribution in [0.2, 0.25) is 0 Å². The van der Waals surface area contributed by atoms with Crippen LogP contribution in [0.25, 0.3) is 28.0 Å². The van der Waals surface area contributed by atoms with Crippen LogP contribution in [0.4, 0.5) is 20.3 Å². The Morgan fingerprint density at radius 2 is 1.95 bits per heavy atom. The molecule has 1 saturated carbocycles.